The summed E-state index contributed by atoms with van der Waals surface area (Å²) in [5, 5.41) is 6.77. The van der Waals surface area contributed by atoms with Gasteiger partial charge < -0.3 is 14.6 Å². The Labute approximate surface area is 145 Å². The number of nitrogens with one attached hydrogen (secondary N) is 1. The van der Waals surface area contributed by atoms with Gasteiger partial charge in [-0.25, -0.2) is 4.39 Å². The molecule has 25 heavy (non-hydrogen) atoms. The van der Waals surface area contributed by atoms with E-state index in [1.54, 1.807) is 19.1 Å². The van der Waals surface area contributed by atoms with Crippen molar-refractivity contribution in [3.05, 3.63) is 41.8 Å². The van der Waals surface area contributed by atoms with Crippen molar-refractivity contribution in [1.29, 1.82) is 0 Å². The molecule has 1 amide bonds. The molecule has 1 fully saturated rings. The highest BCUT2D eigenvalue weighted by molar-refractivity contribution is 5.78. The topological polar surface area (TPSA) is 80.5 Å². The molecule has 134 valence electrons. The summed E-state index contributed by atoms with van der Waals surface area (Å²) in [6.07, 6.45) is 1.91. The normalized spacial score (nSPS) is 17.6. The number of aryl methyl sites for hydroxylation is 1. The van der Waals surface area contributed by atoms with Crippen molar-refractivity contribution in [2.24, 2.45) is 0 Å². The lowest BCUT2D eigenvalue weighted by atomic mass is 10.2. The van der Waals surface area contributed by atoms with E-state index in [0.717, 1.165) is 19.4 Å². The van der Waals surface area contributed by atoms with Crippen LogP contribution in [0.15, 0.2) is 28.8 Å². The molecule has 0 spiro atoms. The van der Waals surface area contributed by atoms with Gasteiger partial charge in [0, 0.05) is 13.0 Å². The van der Waals surface area contributed by atoms with Crippen molar-refractivity contribution < 1.29 is 18.4 Å². The first-order valence-electron chi connectivity index (χ1n) is 8.31. The molecule has 1 aromatic heterocycles. The molecular formula is C17H21FN4O3. The van der Waals surface area contributed by atoms with Gasteiger partial charge in [-0.1, -0.05) is 11.2 Å². The number of hydrogen-bond acceptors (Lipinski definition) is 6. The summed E-state index contributed by atoms with van der Waals surface area (Å²) in [5.74, 6) is 1.17. The number of aromatic nitrogens is 2. The Kier molecular flexibility index (Phi) is 5.60. The number of nitrogens with zero attached hydrogens (tertiary/aromatic N) is 3. The van der Waals surface area contributed by atoms with Crippen molar-refractivity contribution in [3.8, 4) is 5.75 Å². The minimum absolute atomic E-state index is 0.0201. The third kappa shape index (κ3) is 4.76. The molecule has 0 saturated carbocycles. The minimum atomic E-state index is -0.349. The van der Waals surface area contributed by atoms with Crippen LogP contribution < -0.4 is 10.1 Å². The maximum atomic E-state index is 13.0. The van der Waals surface area contributed by atoms with E-state index in [0.29, 0.717) is 24.0 Å². The Morgan fingerprint density at radius 3 is 3.16 bits per heavy atom. The van der Waals surface area contributed by atoms with E-state index in [4.69, 9.17) is 9.26 Å². The van der Waals surface area contributed by atoms with Gasteiger partial charge in [0.1, 0.15) is 18.2 Å². The van der Waals surface area contributed by atoms with Gasteiger partial charge in [0.15, 0.2) is 5.82 Å². The Morgan fingerprint density at radius 1 is 1.52 bits per heavy atom. The van der Waals surface area contributed by atoms with Crippen LogP contribution in [0.25, 0.3) is 0 Å². The standard InChI is InChI=1S/C17H21FN4O3/c1-12-20-17(21-25-12)15-6-3-8-22(15)11-16(23)19-7-9-24-14-5-2-4-13(18)10-14/h2,4-5,10,15H,3,6-9,11H2,1H3,(H,19,23)/t15-/m0/s1. The quantitative estimate of drug-likeness (QED) is 0.769. The molecule has 0 unspecified atom stereocenters. The Balaban J connectivity index is 1.41. The molecule has 1 aliphatic rings. The summed E-state index contributed by atoms with van der Waals surface area (Å²) in [5.41, 5.74) is 0. The molecule has 1 aromatic carbocycles. The van der Waals surface area contributed by atoms with Crippen molar-refractivity contribution in [3.63, 3.8) is 0 Å². The fraction of sp³-hybridized carbons (Fsp3) is 0.471. The molecule has 2 heterocycles. The number of carbonyl (C=O) groups is 1. The Morgan fingerprint density at radius 2 is 2.40 bits per heavy atom. The van der Waals surface area contributed by atoms with Crippen molar-refractivity contribution in [2.45, 2.75) is 25.8 Å². The van der Waals surface area contributed by atoms with Crippen LogP contribution in [-0.4, -0.2) is 47.2 Å². The van der Waals surface area contributed by atoms with Crippen LogP contribution in [0.5, 0.6) is 5.75 Å². The maximum Gasteiger partial charge on any atom is 0.234 e. The third-order valence-electron chi connectivity index (χ3n) is 4.04. The van der Waals surface area contributed by atoms with Crippen LogP contribution in [-0.2, 0) is 4.79 Å². The Bertz CT molecular complexity index is 721. The summed E-state index contributed by atoms with van der Waals surface area (Å²) in [6.45, 7) is 3.49. The summed E-state index contributed by atoms with van der Waals surface area (Å²) in [7, 11) is 0. The fourth-order valence-electron chi connectivity index (χ4n) is 2.91. The fourth-order valence-corrected chi connectivity index (χ4v) is 2.91. The molecule has 8 heteroatoms. The van der Waals surface area contributed by atoms with Crippen molar-refractivity contribution in [2.75, 3.05) is 26.2 Å². The molecule has 3 rings (SSSR count). The van der Waals surface area contributed by atoms with Crippen LogP contribution in [0.2, 0.25) is 0 Å². The van der Waals surface area contributed by atoms with E-state index in [1.165, 1.54) is 12.1 Å². The van der Waals surface area contributed by atoms with Crippen LogP contribution in [0.4, 0.5) is 4.39 Å². The highest BCUT2D eigenvalue weighted by atomic mass is 19.1. The number of carbonyl (C=O) groups excluding carboxylic acids is 1. The van der Waals surface area contributed by atoms with Gasteiger partial charge in [-0.05, 0) is 31.5 Å². The average Bonchev–Trinajstić information content (AvgIpc) is 3.20. The van der Waals surface area contributed by atoms with Gasteiger partial charge in [-0.3, -0.25) is 9.69 Å². The summed E-state index contributed by atoms with van der Waals surface area (Å²) in [4.78, 5) is 18.4. The molecule has 0 radical (unpaired) electrons. The monoisotopic (exact) mass is 348 g/mol. The highest BCUT2D eigenvalue weighted by Crippen LogP contribution is 2.29. The van der Waals surface area contributed by atoms with E-state index < -0.39 is 0 Å². The number of ether oxygens (including phenoxy) is 1. The maximum absolute atomic E-state index is 13.0. The zero-order chi connectivity index (χ0) is 17.6. The van der Waals surface area contributed by atoms with Crippen LogP contribution >= 0.6 is 0 Å². The van der Waals surface area contributed by atoms with E-state index in [9.17, 15) is 9.18 Å². The van der Waals surface area contributed by atoms with Gasteiger partial charge in [0.25, 0.3) is 0 Å². The molecule has 1 saturated heterocycles. The van der Waals surface area contributed by atoms with Crippen LogP contribution in [0, 0.1) is 12.7 Å². The first kappa shape index (κ1) is 17.3. The largest absolute Gasteiger partial charge is 0.492 e. The van der Waals surface area contributed by atoms with Crippen molar-refractivity contribution >= 4 is 5.91 Å². The second kappa shape index (κ2) is 8.06. The van der Waals surface area contributed by atoms with Crippen LogP contribution in [0.3, 0.4) is 0 Å². The highest BCUT2D eigenvalue weighted by Gasteiger charge is 2.30. The second-order valence-corrected chi connectivity index (χ2v) is 5.96. The molecule has 1 atom stereocenters. The number of hydrogen-bond donors (Lipinski definition) is 1. The molecular weight excluding hydrogens is 327 g/mol. The first-order chi connectivity index (χ1) is 12.1. The molecule has 7 nitrogen and oxygen atoms in total. The first-order valence-corrected chi connectivity index (χ1v) is 8.31. The zero-order valence-electron chi connectivity index (χ0n) is 14.1. The molecule has 2 aromatic rings. The number of rotatable bonds is 7. The van der Waals surface area contributed by atoms with E-state index >= 15 is 0 Å². The van der Waals surface area contributed by atoms with Gasteiger partial charge in [0.05, 0.1) is 19.1 Å². The molecule has 1 N–H and O–H groups in total. The lowest BCUT2D eigenvalue weighted by molar-refractivity contribution is -0.122. The lowest BCUT2D eigenvalue weighted by Crippen LogP contribution is -2.38. The summed E-state index contributed by atoms with van der Waals surface area (Å²) in [6, 6.07) is 5.94. The lowest BCUT2D eigenvalue weighted by Gasteiger charge is -2.21. The summed E-state index contributed by atoms with van der Waals surface area (Å²) < 4.78 is 23.5. The van der Waals surface area contributed by atoms with E-state index in [-0.39, 0.29) is 30.9 Å². The zero-order valence-corrected chi connectivity index (χ0v) is 14.1. The molecule has 1 aliphatic heterocycles. The smallest absolute Gasteiger partial charge is 0.234 e. The number of benzene rings is 1. The predicted octanol–water partition coefficient (Wildman–Crippen LogP) is 1.85. The van der Waals surface area contributed by atoms with E-state index in [1.807, 2.05) is 4.90 Å². The second-order valence-electron chi connectivity index (χ2n) is 5.96. The third-order valence-corrected chi connectivity index (χ3v) is 4.04. The number of likely N-dealkylation sites (tertiary alicyclic amines) is 1. The molecule has 0 aliphatic carbocycles. The number of halogens is 1. The Hall–Kier alpha value is -2.48. The summed E-state index contributed by atoms with van der Waals surface area (Å²) >= 11 is 0. The predicted molar refractivity (Wildman–Crippen MR) is 87.5 cm³/mol. The van der Waals surface area contributed by atoms with Gasteiger partial charge in [-0.2, -0.15) is 4.98 Å². The van der Waals surface area contributed by atoms with Crippen LogP contribution in [0.1, 0.15) is 30.6 Å². The van der Waals surface area contributed by atoms with Gasteiger partial charge in [-0.15, -0.1) is 0 Å². The minimum Gasteiger partial charge on any atom is -0.492 e. The van der Waals surface area contributed by atoms with Gasteiger partial charge >= 0.3 is 0 Å². The number of amides is 1. The van der Waals surface area contributed by atoms with E-state index in [2.05, 4.69) is 15.5 Å². The van der Waals surface area contributed by atoms with Crippen molar-refractivity contribution in [1.82, 2.24) is 20.4 Å². The SMILES string of the molecule is Cc1nc([C@@H]2CCCN2CC(=O)NCCOc2cccc(F)c2)no1. The van der Waals surface area contributed by atoms with Gasteiger partial charge in [0.2, 0.25) is 11.8 Å². The average molecular weight is 348 g/mol. The molecule has 0 bridgehead atoms.